The van der Waals surface area contributed by atoms with Gasteiger partial charge in [0, 0.05) is 11.4 Å². The molecule has 1 fully saturated rings. The van der Waals surface area contributed by atoms with E-state index in [9.17, 15) is 25.4 Å². The molecule has 1 saturated heterocycles. The molecule has 12 nitrogen and oxygen atoms in total. The normalized spacial score (nSPS) is 27.1. The van der Waals surface area contributed by atoms with Gasteiger partial charge in [-0.25, -0.2) is 0 Å². The van der Waals surface area contributed by atoms with E-state index in [-0.39, 0.29) is 6.61 Å². The van der Waals surface area contributed by atoms with E-state index in [1.165, 1.54) is 0 Å². The Labute approximate surface area is 129 Å². The number of hydrogen-bond acceptors (Lipinski definition) is 9. The Bertz CT molecular complexity index is 600. The zero-order chi connectivity index (χ0) is 17.4. The number of ether oxygens (including phenoxy) is 2. The Morgan fingerprint density at radius 3 is 2.17 bits per heavy atom. The van der Waals surface area contributed by atoms with Gasteiger partial charge in [-0.05, 0) is 14.1 Å². The molecule has 12 heteroatoms. The van der Waals surface area contributed by atoms with Gasteiger partial charge >= 0.3 is 17.2 Å². The van der Waals surface area contributed by atoms with Crippen LogP contribution in [0.5, 0.6) is 0 Å². The van der Waals surface area contributed by atoms with Gasteiger partial charge in [0.05, 0.1) is 34.7 Å². The van der Waals surface area contributed by atoms with E-state index in [1.54, 1.807) is 19.0 Å². The summed E-state index contributed by atoms with van der Waals surface area (Å²) in [5, 5.41) is 42.4. The average Bonchev–Trinajstić information content (AvgIpc) is 2.81. The molecule has 2 aliphatic rings. The van der Waals surface area contributed by atoms with E-state index in [0.717, 1.165) is 0 Å². The van der Waals surface area contributed by atoms with Gasteiger partial charge in [0.2, 0.25) is 0 Å². The van der Waals surface area contributed by atoms with Crippen LogP contribution in [0.25, 0.3) is 0 Å². The number of likely N-dealkylation sites (N-methyl/N-ethyl adjacent to an activating group) is 1. The summed E-state index contributed by atoms with van der Waals surface area (Å²) >= 11 is 0. The SMILES string of the molecule is CN(C)CC1COC2(O1)C([N+](=O)[O-])=CC(=[N+]([O-])O)C=C2[N+](=O)[O-]. The van der Waals surface area contributed by atoms with Gasteiger partial charge in [0.25, 0.3) is 5.71 Å². The highest BCUT2D eigenvalue weighted by atomic mass is 16.8. The molecule has 0 bridgehead atoms. The van der Waals surface area contributed by atoms with E-state index in [2.05, 4.69) is 0 Å². The number of hydrogen-bond donors (Lipinski definition) is 1. The predicted molar refractivity (Wildman–Crippen MR) is 72.7 cm³/mol. The van der Waals surface area contributed by atoms with Crippen LogP contribution in [0.2, 0.25) is 0 Å². The fraction of sp³-hybridized carbons (Fsp3) is 0.545. The number of nitrogens with zero attached hydrogens (tertiary/aromatic N) is 4. The molecule has 1 unspecified atom stereocenters. The molecule has 2 rings (SSSR count). The van der Waals surface area contributed by atoms with Crippen LogP contribution < -0.4 is 0 Å². The Hall–Kier alpha value is -2.57. The molecule has 1 spiro atoms. The minimum atomic E-state index is -2.33. The van der Waals surface area contributed by atoms with E-state index < -0.39 is 43.7 Å². The Kier molecular flexibility index (Phi) is 4.31. The fourth-order valence-electron chi connectivity index (χ4n) is 2.38. The van der Waals surface area contributed by atoms with Crippen molar-refractivity contribution in [3.63, 3.8) is 0 Å². The first-order valence-electron chi connectivity index (χ1n) is 6.40. The van der Waals surface area contributed by atoms with Crippen LogP contribution in [-0.4, -0.2) is 69.7 Å². The van der Waals surface area contributed by atoms with Crippen molar-refractivity contribution < 1.29 is 29.4 Å². The van der Waals surface area contributed by atoms with Gasteiger partial charge in [0.1, 0.15) is 0 Å². The fourth-order valence-corrected chi connectivity index (χ4v) is 2.38. The number of rotatable bonds is 4. The van der Waals surface area contributed by atoms with Crippen LogP contribution in [0.3, 0.4) is 0 Å². The lowest BCUT2D eigenvalue weighted by Crippen LogP contribution is -2.45. The van der Waals surface area contributed by atoms with E-state index >= 15 is 0 Å². The molecule has 126 valence electrons. The molecule has 0 aromatic carbocycles. The molecule has 0 amide bonds. The third-order valence-electron chi connectivity index (χ3n) is 3.23. The summed E-state index contributed by atoms with van der Waals surface area (Å²) in [6.45, 7) is 0.214. The van der Waals surface area contributed by atoms with Crippen molar-refractivity contribution >= 4 is 5.71 Å². The van der Waals surface area contributed by atoms with Crippen molar-refractivity contribution in [2.24, 2.45) is 0 Å². The van der Waals surface area contributed by atoms with Crippen LogP contribution in [0.15, 0.2) is 23.5 Å². The van der Waals surface area contributed by atoms with Gasteiger partial charge in [-0.3, -0.25) is 25.4 Å². The van der Waals surface area contributed by atoms with Crippen LogP contribution >= 0.6 is 0 Å². The monoisotopic (exact) mass is 330 g/mol. The van der Waals surface area contributed by atoms with Gasteiger partial charge in [-0.15, -0.1) is 0 Å². The average molecular weight is 330 g/mol. The molecule has 0 radical (unpaired) electrons. The molecule has 0 aromatic heterocycles. The second-order valence-corrected chi connectivity index (χ2v) is 5.20. The summed E-state index contributed by atoms with van der Waals surface area (Å²) in [4.78, 5) is 21.7. The van der Waals surface area contributed by atoms with Crippen LogP contribution in [-0.2, 0) is 9.47 Å². The Balaban J connectivity index is 2.52. The summed E-state index contributed by atoms with van der Waals surface area (Å²) in [5.74, 6) is -2.33. The van der Waals surface area contributed by atoms with E-state index in [4.69, 9.17) is 14.7 Å². The van der Waals surface area contributed by atoms with Crippen molar-refractivity contribution in [1.82, 2.24) is 4.90 Å². The van der Waals surface area contributed by atoms with Crippen LogP contribution in [0.4, 0.5) is 0 Å². The summed E-state index contributed by atoms with van der Waals surface area (Å²) in [6, 6.07) is 0. The van der Waals surface area contributed by atoms with Crippen molar-refractivity contribution in [3.05, 3.63) is 49.0 Å². The first-order chi connectivity index (χ1) is 10.7. The molecule has 1 aliphatic carbocycles. The molecule has 0 saturated carbocycles. The van der Waals surface area contributed by atoms with E-state index in [0.29, 0.717) is 18.7 Å². The molecule has 1 heterocycles. The number of nitro groups is 2. The maximum atomic E-state index is 11.3. The first kappa shape index (κ1) is 16.8. The summed E-state index contributed by atoms with van der Waals surface area (Å²) < 4.78 is 10.8. The van der Waals surface area contributed by atoms with Gasteiger partial charge < -0.3 is 19.6 Å². The smallest absolute Gasteiger partial charge is 0.357 e. The quantitative estimate of drug-likeness (QED) is 0.306. The minimum absolute atomic E-state index is 0.107. The highest BCUT2D eigenvalue weighted by Gasteiger charge is 2.63. The van der Waals surface area contributed by atoms with Crippen LogP contribution in [0.1, 0.15) is 0 Å². The standard InChI is InChI=1S/C11H14N4O8/c1-12(2)5-8-6-22-11(23-8)9(14(18)19)3-7(13(16)17)4-10(11)15(20)21/h3-4,8H,5-6H2,1-2H3,(H,16,17). The molecule has 1 atom stereocenters. The second kappa shape index (κ2) is 5.91. The third kappa shape index (κ3) is 2.99. The molecule has 1 aliphatic heterocycles. The number of allylic oxidation sites excluding steroid dienone is 2. The van der Waals surface area contributed by atoms with Crippen molar-refractivity contribution in [2.75, 3.05) is 27.2 Å². The van der Waals surface area contributed by atoms with E-state index in [1.807, 2.05) is 0 Å². The van der Waals surface area contributed by atoms with Crippen molar-refractivity contribution in [3.8, 4) is 0 Å². The molecule has 1 N–H and O–H groups in total. The van der Waals surface area contributed by atoms with Gasteiger partial charge in [-0.2, -0.15) is 0 Å². The van der Waals surface area contributed by atoms with Crippen LogP contribution in [0, 0.1) is 25.4 Å². The lowest BCUT2D eigenvalue weighted by Gasteiger charge is -2.24. The zero-order valence-corrected chi connectivity index (χ0v) is 12.2. The van der Waals surface area contributed by atoms with Crippen molar-refractivity contribution in [2.45, 2.75) is 11.9 Å². The molecular weight excluding hydrogens is 316 g/mol. The van der Waals surface area contributed by atoms with Crippen molar-refractivity contribution in [1.29, 1.82) is 0 Å². The second-order valence-electron chi connectivity index (χ2n) is 5.20. The minimum Gasteiger partial charge on any atom is -0.417 e. The zero-order valence-electron chi connectivity index (χ0n) is 12.2. The Morgan fingerprint density at radius 2 is 1.78 bits per heavy atom. The highest BCUT2D eigenvalue weighted by Crippen LogP contribution is 2.40. The molecule has 0 aromatic rings. The molecule has 23 heavy (non-hydrogen) atoms. The molecular formula is C11H14N4O8. The summed E-state index contributed by atoms with van der Waals surface area (Å²) in [6.07, 6.45) is 0.714. The maximum absolute atomic E-state index is 11.3. The first-order valence-corrected chi connectivity index (χ1v) is 6.40. The lowest BCUT2D eigenvalue weighted by atomic mass is 10.0. The third-order valence-corrected chi connectivity index (χ3v) is 3.23. The Morgan fingerprint density at radius 1 is 1.26 bits per heavy atom. The van der Waals surface area contributed by atoms with Gasteiger partial charge in [0.15, 0.2) is 0 Å². The highest BCUT2D eigenvalue weighted by molar-refractivity contribution is 6.02. The maximum Gasteiger partial charge on any atom is 0.357 e. The largest absolute Gasteiger partial charge is 0.417 e. The lowest BCUT2D eigenvalue weighted by molar-refractivity contribution is -0.725. The summed E-state index contributed by atoms with van der Waals surface area (Å²) in [7, 11) is 3.47. The summed E-state index contributed by atoms with van der Waals surface area (Å²) in [5.41, 5.74) is -2.37. The predicted octanol–water partition coefficient (Wildman–Crippen LogP) is -0.665. The topological polar surface area (TPSA) is 154 Å². The van der Waals surface area contributed by atoms with Gasteiger partial charge in [-0.1, -0.05) is 0 Å².